The van der Waals surface area contributed by atoms with Crippen molar-refractivity contribution in [3.05, 3.63) is 39.9 Å². The van der Waals surface area contributed by atoms with Gasteiger partial charge in [-0.25, -0.2) is 4.98 Å². The van der Waals surface area contributed by atoms with Crippen LogP contribution in [0.2, 0.25) is 0 Å². The van der Waals surface area contributed by atoms with Gasteiger partial charge in [-0.1, -0.05) is 29.5 Å². The van der Waals surface area contributed by atoms with E-state index in [0.717, 1.165) is 34.2 Å². The Morgan fingerprint density at radius 1 is 1.29 bits per heavy atom. The number of carbonyl (C=O) groups excluding carboxylic acids is 1. The van der Waals surface area contributed by atoms with E-state index in [1.165, 1.54) is 11.3 Å². The molecule has 0 atom stereocenters. The van der Waals surface area contributed by atoms with Crippen LogP contribution in [0.5, 0.6) is 5.75 Å². The molecule has 0 bridgehead atoms. The second kappa shape index (κ2) is 8.15. The zero-order chi connectivity index (χ0) is 17.7. The molecule has 5 nitrogen and oxygen atoms in total. The van der Waals surface area contributed by atoms with Gasteiger partial charge in [-0.05, 0) is 38.8 Å². The van der Waals surface area contributed by atoms with Gasteiger partial charge in [-0.2, -0.15) is 0 Å². The zero-order valence-corrected chi connectivity index (χ0v) is 15.8. The molecule has 0 saturated carbocycles. The number of aromatic nitrogens is 1. The summed E-state index contributed by atoms with van der Waals surface area (Å²) in [5, 5.41) is 3.94. The number of thiazole rings is 1. The highest BCUT2D eigenvalue weighted by Gasteiger charge is 2.19. The minimum Gasteiger partial charge on any atom is -0.491 e. The normalized spacial score (nSPS) is 10.5. The van der Waals surface area contributed by atoms with Crippen LogP contribution in [0.15, 0.2) is 18.2 Å². The smallest absolute Gasteiger partial charge is 0.265 e. The topological polar surface area (TPSA) is 54.5 Å². The maximum atomic E-state index is 12.6. The van der Waals surface area contributed by atoms with Crippen LogP contribution in [0, 0.1) is 20.8 Å². The van der Waals surface area contributed by atoms with E-state index in [1.807, 2.05) is 45.9 Å². The lowest BCUT2D eigenvalue weighted by Crippen LogP contribution is -2.30. The van der Waals surface area contributed by atoms with Crippen molar-refractivity contribution in [3.8, 4) is 5.75 Å². The summed E-state index contributed by atoms with van der Waals surface area (Å²) in [4.78, 5) is 19.3. The molecule has 1 amide bonds. The molecule has 0 aliphatic heterocycles. The summed E-state index contributed by atoms with van der Waals surface area (Å²) < 4.78 is 5.88. The van der Waals surface area contributed by atoms with Gasteiger partial charge in [0.15, 0.2) is 5.13 Å². The van der Waals surface area contributed by atoms with Gasteiger partial charge < -0.3 is 15.0 Å². The van der Waals surface area contributed by atoms with Crippen LogP contribution in [0.4, 0.5) is 5.13 Å². The lowest BCUT2D eigenvalue weighted by molar-refractivity contribution is 0.0777. The van der Waals surface area contributed by atoms with E-state index in [-0.39, 0.29) is 5.91 Å². The molecule has 6 heteroatoms. The Hall–Kier alpha value is -2.08. The minimum atomic E-state index is -0.0146. The standard InChI is InChI=1S/C18H25N3O2S/c1-6-19-18-20-14(4)16(24-18)17(22)21(5)10-11-23-15-12(2)8-7-9-13(15)3/h7-9H,6,10-11H2,1-5H3,(H,19,20). The Bertz CT molecular complexity index is 692. The van der Waals surface area contributed by atoms with E-state index in [2.05, 4.69) is 10.3 Å². The lowest BCUT2D eigenvalue weighted by atomic mass is 10.1. The Morgan fingerprint density at radius 2 is 1.96 bits per heavy atom. The molecule has 1 aromatic carbocycles. The van der Waals surface area contributed by atoms with Crippen LogP contribution in [0.25, 0.3) is 0 Å². The average Bonchev–Trinajstić information content (AvgIpc) is 2.90. The molecule has 1 heterocycles. The van der Waals surface area contributed by atoms with E-state index in [1.54, 1.807) is 11.9 Å². The molecule has 1 N–H and O–H groups in total. The van der Waals surface area contributed by atoms with Crippen LogP contribution >= 0.6 is 11.3 Å². The summed E-state index contributed by atoms with van der Waals surface area (Å²) >= 11 is 1.40. The number of ether oxygens (including phenoxy) is 1. The van der Waals surface area contributed by atoms with Crippen LogP contribution in [0.3, 0.4) is 0 Å². The molecule has 2 aromatic rings. The van der Waals surface area contributed by atoms with Gasteiger partial charge in [0.25, 0.3) is 5.91 Å². The third-order valence-electron chi connectivity index (χ3n) is 3.75. The zero-order valence-electron chi connectivity index (χ0n) is 15.0. The van der Waals surface area contributed by atoms with Crippen molar-refractivity contribution in [2.24, 2.45) is 0 Å². The lowest BCUT2D eigenvalue weighted by Gasteiger charge is -2.18. The first-order valence-corrected chi connectivity index (χ1v) is 8.91. The predicted octanol–water partition coefficient (Wildman–Crippen LogP) is 3.65. The summed E-state index contributed by atoms with van der Waals surface area (Å²) in [5.74, 6) is 0.890. The number of rotatable bonds is 7. The number of nitrogens with one attached hydrogen (secondary N) is 1. The van der Waals surface area contributed by atoms with E-state index >= 15 is 0 Å². The number of likely N-dealkylation sites (N-methyl/N-ethyl adjacent to an activating group) is 1. The van der Waals surface area contributed by atoms with E-state index in [4.69, 9.17) is 4.74 Å². The van der Waals surface area contributed by atoms with Crippen LogP contribution in [0.1, 0.15) is 33.4 Å². The van der Waals surface area contributed by atoms with Crippen molar-refractivity contribution in [2.75, 3.05) is 32.1 Å². The van der Waals surface area contributed by atoms with Gasteiger partial charge in [0, 0.05) is 13.6 Å². The van der Waals surface area contributed by atoms with Gasteiger partial charge in [-0.3, -0.25) is 4.79 Å². The number of amides is 1. The fourth-order valence-corrected chi connectivity index (χ4v) is 3.44. The molecule has 0 aliphatic rings. The molecular formula is C18H25N3O2S. The number of para-hydroxylation sites is 1. The second-order valence-corrected chi connectivity index (χ2v) is 6.76. The third-order valence-corrected chi connectivity index (χ3v) is 4.85. The van der Waals surface area contributed by atoms with Crippen molar-refractivity contribution < 1.29 is 9.53 Å². The van der Waals surface area contributed by atoms with Crippen LogP contribution < -0.4 is 10.1 Å². The molecule has 24 heavy (non-hydrogen) atoms. The molecule has 1 aromatic heterocycles. The minimum absolute atomic E-state index is 0.0146. The first kappa shape index (κ1) is 18.3. The number of anilines is 1. The SMILES string of the molecule is CCNc1nc(C)c(C(=O)N(C)CCOc2c(C)cccc2C)s1. The summed E-state index contributed by atoms with van der Waals surface area (Å²) in [6.45, 7) is 9.72. The van der Waals surface area contributed by atoms with Crippen molar-refractivity contribution in [1.29, 1.82) is 0 Å². The Morgan fingerprint density at radius 3 is 2.58 bits per heavy atom. The van der Waals surface area contributed by atoms with Crippen molar-refractivity contribution >= 4 is 22.4 Å². The van der Waals surface area contributed by atoms with Crippen molar-refractivity contribution in [1.82, 2.24) is 9.88 Å². The number of aryl methyl sites for hydroxylation is 3. The summed E-state index contributed by atoms with van der Waals surface area (Å²) in [7, 11) is 1.79. The highest BCUT2D eigenvalue weighted by atomic mass is 32.1. The Labute approximate surface area is 147 Å². The number of hydrogen-bond acceptors (Lipinski definition) is 5. The molecule has 2 rings (SSSR count). The molecule has 0 aliphatic carbocycles. The fraction of sp³-hybridized carbons (Fsp3) is 0.444. The van der Waals surface area contributed by atoms with Gasteiger partial charge in [0.1, 0.15) is 17.2 Å². The van der Waals surface area contributed by atoms with Crippen molar-refractivity contribution in [3.63, 3.8) is 0 Å². The highest BCUT2D eigenvalue weighted by Crippen LogP contribution is 2.24. The first-order chi connectivity index (χ1) is 11.4. The van der Waals surface area contributed by atoms with E-state index < -0.39 is 0 Å². The quantitative estimate of drug-likeness (QED) is 0.831. The van der Waals surface area contributed by atoms with E-state index in [0.29, 0.717) is 18.0 Å². The molecule has 130 valence electrons. The van der Waals surface area contributed by atoms with Crippen LogP contribution in [-0.2, 0) is 0 Å². The van der Waals surface area contributed by atoms with Gasteiger partial charge in [-0.15, -0.1) is 0 Å². The molecular weight excluding hydrogens is 322 g/mol. The fourth-order valence-electron chi connectivity index (χ4n) is 2.41. The summed E-state index contributed by atoms with van der Waals surface area (Å²) in [5.41, 5.74) is 2.98. The number of hydrogen-bond donors (Lipinski definition) is 1. The molecule has 0 radical (unpaired) electrons. The average molecular weight is 347 g/mol. The first-order valence-electron chi connectivity index (χ1n) is 8.09. The van der Waals surface area contributed by atoms with Crippen LogP contribution in [-0.4, -0.2) is 42.5 Å². The van der Waals surface area contributed by atoms with Gasteiger partial charge in [0.05, 0.1) is 12.2 Å². The second-order valence-electron chi connectivity index (χ2n) is 5.76. The van der Waals surface area contributed by atoms with Crippen molar-refractivity contribution in [2.45, 2.75) is 27.7 Å². The maximum Gasteiger partial charge on any atom is 0.265 e. The largest absolute Gasteiger partial charge is 0.491 e. The Balaban J connectivity index is 1.95. The number of benzene rings is 1. The number of nitrogens with zero attached hydrogens (tertiary/aromatic N) is 2. The van der Waals surface area contributed by atoms with Gasteiger partial charge in [0.2, 0.25) is 0 Å². The molecule has 0 fully saturated rings. The Kier molecular flexibility index (Phi) is 6.20. The summed E-state index contributed by atoms with van der Waals surface area (Å²) in [6, 6.07) is 6.07. The monoisotopic (exact) mass is 347 g/mol. The highest BCUT2D eigenvalue weighted by molar-refractivity contribution is 7.17. The van der Waals surface area contributed by atoms with Gasteiger partial charge >= 0.3 is 0 Å². The summed E-state index contributed by atoms with van der Waals surface area (Å²) in [6.07, 6.45) is 0. The molecule has 0 saturated heterocycles. The molecule has 0 unspecified atom stereocenters. The number of carbonyl (C=O) groups is 1. The third kappa shape index (κ3) is 4.26. The maximum absolute atomic E-state index is 12.6. The van der Waals surface area contributed by atoms with E-state index in [9.17, 15) is 4.79 Å². The predicted molar refractivity (Wildman–Crippen MR) is 99.4 cm³/mol. The molecule has 0 spiro atoms.